The molecule has 2 atom stereocenters. The predicted octanol–water partition coefficient (Wildman–Crippen LogP) is 2.65. The van der Waals surface area contributed by atoms with Gasteiger partial charge in [0.2, 0.25) is 0 Å². The summed E-state index contributed by atoms with van der Waals surface area (Å²) >= 11 is 0. The van der Waals surface area contributed by atoms with Gasteiger partial charge in [-0.1, -0.05) is 26.0 Å². The smallest absolute Gasteiger partial charge is 0.260 e. The first kappa shape index (κ1) is 16.3. The van der Waals surface area contributed by atoms with Crippen LogP contribution in [0.2, 0.25) is 0 Å². The van der Waals surface area contributed by atoms with E-state index in [0.717, 1.165) is 56.6 Å². The predicted molar refractivity (Wildman–Crippen MR) is 91.7 cm³/mol. The number of fused-ring (bicyclic) bond motifs is 1. The molecule has 126 valence electrons. The summed E-state index contributed by atoms with van der Waals surface area (Å²) in [5.41, 5.74) is 1.29. The van der Waals surface area contributed by atoms with E-state index in [4.69, 9.17) is 4.74 Å². The fourth-order valence-corrected chi connectivity index (χ4v) is 3.65. The van der Waals surface area contributed by atoms with Gasteiger partial charge in [0.1, 0.15) is 5.75 Å². The minimum Gasteiger partial charge on any atom is -0.484 e. The number of carbonyl (C=O) groups excluding carboxylic acids is 1. The van der Waals surface area contributed by atoms with Crippen molar-refractivity contribution in [3.8, 4) is 5.75 Å². The molecule has 0 aromatic heterocycles. The van der Waals surface area contributed by atoms with Gasteiger partial charge in [0.25, 0.3) is 5.91 Å². The van der Waals surface area contributed by atoms with Crippen LogP contribution in [0.1, 0.15) is 38.2 Å². The molecule has 1 amide bonds. The summed E-state index contributed by atoms with van der Waals surface area (Å²) in [6.45, 7) is 8.47. The van der Waals surface area contributed by atoms with Gasteiger partial charge in [-0.3, -0.25) is 4.79 Å². The van der Waals surface area contributed by atoms with E-state index >= 15 is 0 Å². The maximum absolute atomic E-state index is 12.4. The molecule has 2 saturated heterocycles. The number of carbonyl (C=O) groups is 1. The molecule has 0 saturated carbocycles. The van der Waals surface area contributed by atoms with E-state index in [9.17, 15) is 4.79 Å². The average molecular weight is 316 g/mol. The number of hydrogen-bond acceptors (Lipinski definition) is 3. The Morgan fingerprint density at radius 3 is 2.35 bits per heavy atom. The Bertz CT molecular complexity index is 513. The Morgan fingerprint density at radius 2 is 1.78 bits per heavy atom. The molecule has 2 heterocycles. The molecule has 0 aliphatic carbocycles. The van der Waals surface area contributed by atoms with Crippen LogP contribution in [-0.2, 0) is 4.79 Å². The SMILES string of the molecule is CC(C)c1ccc(OCC(=O)N2CC[C@@H]3CNC[C@@H]3CC2)cc1. The number of rotatable bonds is 4. The zero-order valence-corrected chi connectivity index (χ0v) is 14.3. The average Bonchev–Trinajstić information content (AvgIpc) is 2.91. The van der Waals surface area contributed by atoms with Gasteiger partial charge in [0.05, 0.1) is 0 Å². The molecule has 3 rings (SSSR count). The van der Waals surface area contributed by atoms with E-state index in [-0.39, 0.29) is 12.5 Å². The lowest BCUT2D eigenvalue weighted by atomic mass is 9.92. The van der Waals surface area contributed by atoms with E-state index in [2.05, 4.69) is 31.3 Å². The van der Waals surface area contributed by atoms with Crippen molar-refractivity contribution in [2.45, 2.75) is 32.6 Å². The summed E-state index contributed by atoms with van der Waals surface area (Å²) in [5.74, 6) is 2.90. The van der Waals surface area contributed by atoms with E-state index in [1.165, 1.54) is 5.56 Å². The van der Waals surface area contributed by atoms with Crippen molar-refractivity contribution in [2.24, 2.45) is 11.8 Å². The van der Waals surface area contributed by atoms with Gasteiger partial charge >= 0.3 is 0 Å². The molecule has 0 spiro atoms. The summed E-state index contributed by atoms with van der Waals surface area (Å²) in [5, 5.41) is 3.47. The van der Waals surface area contributed by atoms with Crippen LogP contribution in [0.25, 0.3) is 0 Å². The van der Waals surface area contributed by atoms with E-state index in [1.54, 1.807) is 0 Å². The van der Waals surface area contributed by atoms with Crippen LogP contribution < -0.4 is 10.1 Å². The van der Waals surface area contributed by atoms with Gasteiger partial charge in [-0.2, -0.15) is 0 Å². The number of nitrogens with zero attached hydrogens (tertiary/aromatic N) is 1. The summed E-state index contributed by atoms with van der Waals surface area (Å²) in [7, 11) is 0. The normalized spacial score (nSPS) is 24.4. The third-order valence-electron chi connectivity index (χ3n) is 5.28. The monoisotopic (exact) mass is 316 g/mol. The molecule has 2 aliphatic rings. The first-order chi connectivity index (χ1) is 11.1. The third kappa shape index (κ3) is 4.05. The maximum atomic E-state index is 12.4. The number of ether oxygens (including phenoxy) is 1. The summed E-state index contributed by atoms with van der Waals surface area (Å²) < 4.78 is 5.69. The summed E-state index contributed by atoms with van der Waals surface area (Å²) in [6, 6.07) is 8.07. The second kappa shape index (κ2) is 7.35. The van der Waals surface area contributed by atoms with Gasteiger partial charge in [0, 0.05) is 13.1 Å². The minimum atomic E-state index is 0.117. The highest BCUT2D eigenvalue weighted by molar-refractivity contribution is 5.77. The molecule has 2 fully saturated rings. The molecule has 0 unspecified atom stereocenters. The Morgan fingerprint density at radius 1 is 1.17 bits per heavy atom. The van der Waals surface area contributed by atoms with Crippen LogP contribution in [0.15, 0.2) is 24.3 Å². The van der Waals surface area contributed by atoms with Crippen molar-refractivity contribution in [3.05, 3.63) is 29.8 Å². The van der Waals surface area contributed by atoms with Gasteiger partial charge in [-0.05, 0) is 61.4 Å². The van der Waals surface area contributed by atoms with Gasteiger partial charge in [-0.15, -0.1) is 0 Å². The van der Waals surface area contributed by atoms with Crippen LogP contribution in [0.5, 0.6) is 5.75 Å². The molecule has 0 radical (unpaired) electrons. The van der Waals surface area contributed by atoms with E-state index < -0.39 is 0 Å². The van der Waals surface area contributed by atoms with Crippen molar-refractivity contribution in [3.63, 3.8) is 0 Å². The van der Waals surface area contributed by atoms with Crippen LogP contribution in [-0.4, -0.2) is 43.6 Å². The number of likely N-dealkylation sites (tertiary alicyclic amines) is 1. The lowest BCUT2D eigenvalue weighted by molar-refractivity contribution is -0.133. The zero-order chi connectivity index (χ0) is 16.2. The molecular weight excluding hydrogens is 288 g/mol. The van der Waals surface area contributed by atoms with E-state index in [1.807, 2.05) is 17.0 Å². The number of amides is 1. The number of benzene rings is 1. The molecule has 1 N–H and O–H groups in total. The highest BCUT2D eigenvalue weighted by atomic mass is 16.5. The first-order valence-electron chi connectivity index (χ1n) is 8.84. The standard InChI is InChI=1S/C19H28N2O2/c1-14(2)15-3-5-18(6-4-15)23-13-19(22)21-9-7-16-11-20-12-17(16)8-10-21/h3-6,14,16-17,20H,7-13H2,1-2H3/t16-,17+. The molecule has 1 aromatic carbocycles. The minimum absolute atomic E-state index is 0.117. The van der Waals surface area contributed by atoms with Crippen LogP contribution in [0.4, 0.5) is 0 Å². The van der Waals surface area contributed by atoms with Gasteiger partial charge in [-0.25, -0.2) is 0 Å². The van der Waals surface area contributed by atoms with Gasteiger partial charge < -0.3 is 15.0 Å². The fourth-order valence-electron chi connectivity index (χ4n) is 3.65. The second-order valence-electron chi connectivity index (χ2n) is 7.15. The van der Waals surface area contributed by atoms with Crippen molar-refractivity contribution < 1.29 is 9.53 Å². The first-order valence-corrected chi connectivity index (χ1v) is 8.84. The molecular formula is C19H28N2O2. The highest BCUT2D eigenvalue weighted by Crippen LogP contribution is 2.27. The van der Waals surface area contributed by atoms with Crippen molar-refractivity contribution in [2.75, 3.05) is 32.8 Å². The fraction of sp³-hybridized carbons (Fsp3) is 0.632. The Labute approximate surface area is 139 Å². The van der Waals surface area contributed by atoms with Crippen molar-refractivity contribution in [1.82, 2.24) is 10.2 Å². The largest absolute Gasteiger partial charge is 0.484 e. The van der Waals surface area contributed by atoms with Crippen molar-refractivity contribution >= 4 is 5.91 Å². The zero-order valence-electron chi connectivity index (χ0n) is 14.3. The van der Waals surface area contributed by atoms with Crippen LogP contribution in [0.3, 0.4) is 0 Å². The lowest BCUT2D eigenvalue weighted by Crippen LogP contribution is -2.36. The highest BCUT2D eigenvalue weighted by Gasteiger charge is 2.31. The molecule has 2 aliphatic heterocycles. The number of hydrogen-bond donors (Lipinski definition) is 1. The van der Waals surface area contributed by atoms with Crippen LogP contribution in [0, 0.1) is 11.8 Å². The van der Waals surface area contributed by atoms with Crippen LogP contribution >= 0.6 is 0 Å². The Hall–Kier alpha value is -1.55. The number of nitrogens with one attached hydrogen (secondary N) is 1. The maximum Gasteiger partial charge on any atom is 0.260 e. The second-order valence-corrected chi connectivity index (χ2v) is 7.15. The van der Waals surface area contributed by atoms with Crippen molar-refractivity contribution in [1.29, 1.82) is 0 Å². The molecule has 4 heteroatoms. The van der Waals surface area contributed by atoms with E-state index in [0.29, 0.717) is 5.92 Å². The quantitative estimate of drug-likeness (QED) is 0.928. The Balaban J connectivity index is 1.49. The summed E-state index contributed by atoms with van der Waals surface area (Å²) in [6.07, 6.45) is 2.24. The molecule has 4 nitrogen and oxygen atoms in total. The molecule has 0 bridgehead atoms. The summed E-state index contributed by atoms with van der Waals surface area (Å²) in [4.78, 5) is 14.4. The molecule has 23 heavy (non-hydrogen) atoms. The third-order valence-corrected chi connectivity index (χ3v) is 5.28. The van der Waals surface area contributed by atoms with Gasteiger partial charge in [0.15, 0.2) is 6.61 Å². The molecule has 1 aromatic rings. The Kier molecular flexibility index (Phi) is 5.21. The topological polar surface area (TPSA) is 41.6 Å². The lowest BCUT2D eigenvalue weighted by Gasteiger charge is -2.21.